The van der Waals surface area contributed by atoms with E-state index in [2.05, 4.69) is 15.9 Å². The summed E-state index contributed by atoms with van der Waals surface area (Å²) in [6.45, 7) is 1.60. The number of carbonyl (C=O) groups is 1. The number of aliphatic hydroxyl groups excluding tert-OH is 1. The molecule has 1 aromatic carbocycles. The maximum atomic E-state index is 11.6. The summed E-state index contributed by atoms with van der Waals surface area (Å²) in [6.07, 6.45) is 0. The smallest absolute Gasteiger partial charge is 0.176 e. The minimum absolute atomic E-state index is 0.0173. The van der Waals surface area contributed by atoms with Crippen LogP contribution >= 0.6 is 27.5 Å². The molecule has 4 heteroatoms. The highest BCUT2D eigenvalue weighted by molar-refractivity contribution is 9.10. The lowest BCUT2D eigenvalue weighted by molar-refractivity contribution is 0.0995. The SMILES string of the molecule is CC(Br)C(=O)c1ccc(Cl)c(CO)c1. The highest BCUT2D eigenvalue weighted by Gasteiger charge is 2.12. The Bertz CT molecular complexity index is 350. The van der Waals surface area contributed by atoms with Gasteiger partial charge in [0.25, 0.3) is 0 Å². The number of ketones is 1. The van der Waals surface area contributed by atoms with Crippen LogP contribution in [0.2, 0.25) is 5.02 Å². The van der Waals surface area contributed by atoms with E-state index in [1.54, 1.807) is 25.1 Å². The van der Waals surface area contributed by atoms with Gasteiger partial charge in [-0.15, -0.1) is 0 Å². The zero-order chi connectivity index (χ0) is 10.7. The van der Waals surface area contributed by atoms with Gasteiger partial charge in [-0.05, 0) is 30.7 Å². The molecule has 76 valence electrons. The highest BCUT2D eigenvalue weighted by Crippen LogP contribution is 2.19. The molecule has 0 aliphatic carbocycles. The Morgan fingerprint density at radius 2 is 2.29 bits per heavy atom. The number of hydrogen-bond acceptors (Lipinski definition) is 2. The summed E-state index contributed by atoms with van der Waals surface area (Å²) < 4.78 is 0. The number of hydrogen-bond donors (Lipinski definition) is 1. The van der Waals surface area contributed by atoms with Gasteiger partial charge in [-0.1, -0.05) is 27.5 Å². The Morgan fingerprint density at radius 1 is 1.64 bits per heavy atom. The normalized spacial score (nSPS) is 12.6. The average molecular weight is 278 g/mol. The second kappa shape index (κ2) is 4.91. The van der Waals surface area contributed by atoms with E-state index in [4.69, 9.17) is 16.7 Å². The summed E-state index contributed by atoms with van der Waals surface area (Å²) >= 11 is 8.99. The molecule has 0 saturated heterocycles. The molecule has 0 aliphatic rings. The fourth-order valence-corrected chi connectivity index (χ4v) is 1.52. The van der Waals surface area contributed by atoms with Crippen molar-refractivity contribution in [2.75, 3.05) is 0 Å². The van der Waals surface area contributed by atoms with E-state index in [-0.39, 0.29) is 17.2 Å². The molecular weight excluding hydrogens is 267 g/mol. The molecule has 1 aromatic rings. The number of alkyl halides is 1. The van der Waals surface area contributed by atoms with Crippen LogP contribution in [-0.2, 0) is 6.61 Å². The molecule has 0 spiro atoms. The van der Waals surface area contributed by atoms with Crippen molar-refractivity contribution in [2.24, 2.45) is 0 Å². The lowest BCUT2D eigenvalue weighted by atomic mass is 10.1. The van der Waals surface area contributed by atoms with Crippen molar-refractivity contribution in [1.29, 1.82) is 0 Å². The minimum atomic E-state index is -0.227. The van der Waals surface area contributed by atoms with Crippen LogP contribution in [0.25, 0.3) is 0 Å². The predicted octanol–water partition coefficient (Wildman–Crippen LogP) is 2.80. The van der Waals surface area contributed by atoms with Crippen LogP contribution in [-0.4, -0.2) is 15.7 Å². The van der Waals surface area contributed by atoms with E-state index in [0.717, 1.165) is 0 Å². The van der Waals surface area contributed by atoms with Crippen molar-refractivity contribution in [2.45, 2.75) is 18.4 Å². The van der Waals surface area contributed by atoms with Gasteiger partial charge in [-0.3, -0.25) is 4.79 Å². The van der Waals surface area contributed by atoms with Crippen molar-refractivity contribution < 1.29 is 9.90 Å². The van der Waals surface area contributed by atoms with Crippen LogP contribution < -0.4 is 0 Å². The van der Waals surface area contributed by atoms with Crippen LogP contribution in [0, 0.1) is 0 Å². The maximum absolute atomic E-state index is 11.6. The van der Waals surface area contributed by atoms with E-state index >= 15 is 0 Å². The molecule has 0 fully saturated rings. The molecule has 2 nitrogen and oxygen atoms in total. The molecule has 14 heavy (non-hydrogen) atoms. The summed E-state index contributed by atoms with van der Waals surface area (Å²) in [4.78, 5) is 11.3. The van der Waals surface area contributed by atoms with Crippen molar-refractivity contribution in [1.82, 2.24) is 0 Å². The van der Waals surface area contributed by atoms with Gasteiger partial charge < -0.3 is 5.11 Å². The first-order valence-corrected chi connectivity index (χ1v) is 5.43. The van der Waals surface area contributed by atoms with Gasteiger partial charge in [-0.25, -0.2) is 0 Å². The number of halogens is 2. The quantitative estimate of drug-likeness (QED) is 0.681. The fraction of sp³-hybridized carbons (Fsp3) is 0.300. The average Bonchev–Trinajstić information content (AvgIpc) is 2.17. The number of benzene rings is 1. The molecule has 0 bridgehead atoms. The van der Waals surface area contributed by atoms with Crippen LogP contribution in [0.3, 0.4) is 0 Å². The molecule has 1 rings (SSSR count). The lowest BCUT2D eigenvalue weighted by Crippen LogP contribution is -2.10. The molecule has 0 aliphatic heterocycles. The van der Waals surface area contributed by atoms with Gasteiger partial charge in [0.15, 0.2) is 5.78 Å². The topological polar surface area (TPSA) is 37.3 Å². The standard InChI is InChI=1S/C10H10BrClO2/c1-6(11)10(14)7-2-3-9(12)8(4-7)5-13/h2-4,6,13H,5H2,1H3. The van der Waals surface area contributed by atoms with Gasteiger partial charge in [-0.2, -0.15) is 0 Å². The Kier molecular flexibility index (Phi) is 4.11. The van der Waals surface area contributed by atoms with Crippen molar-refractivity contribution in [3.63, 3.8) is 0 Å². The first-order chi connectivity index (χ1) is 6.56. The summed E-state index contributed by atoms with van der Waals surface area (Å²) in [7, 11) is 0. The van der Waals surface area contributed by atoms with Gasteiger partial charge in [0.1, 0.15) is 0 Å². The van der Waals surface area contributed by atoms with Crippen molar-refractivity contribution in [3.8, 4) is 0 Å². The third-order valence-corrected chi connectivity index (χ3v) is 2.65. The van der Waals surface area contributed by atoms with E-state index in [9.17, 15) is 4.79 Å². The summed E-state index contributed by atoms with van der Waals surface area (Å²) in [6, 6.07) is 4.89. The van der Waals surface area contributed by atoms with Gasteiger partial charge in [0.2, 0.25) is 0 Å². The van der Waals surface area contributed by atoms with Crippen LogP contribution in [0.5, 0.6) is 0 Å². The molecule has 1 unspecified atom stereocenters. The van der Waals surface area contributed by atoms with Crippen LogP contribution in [0.1, 0.15) is 22.8 Å². The predicted molar refractivity (Wildman–Crippen MR) is 60.1 cm³/mol. The van der Waals surface area contributed by atoms with Gasteiger partial charge >= 0.3 is 0 Å². The monoisotopic (exact) mass is 276 g/mol. The zero-order valence-electron chi connectivity index (χ0n) is 7.63. The van der Waals surface area contributed by atoms with E-state index < -0.39 is 0 Å². The molecule has 0 amide bonds. The first-order valence-electron chi connectivity index (χ1n) is 4.14. The van der Waals surface area contributed by atoms with E-state index in [1.165, 1.54) is 0 Å². The Balaban J connectivity index is 3.06. The number of rotatable bonds is 3. The van der Waals surface area contributed by atoms with E-state index in [1.807, 2.05) is 0 Å². The molecule has 0 heterocycles. The van der Waals surface area contributed by atoms with Gasteiger partial charge in [0.05, 0.1) is 11.4 Å². The van der Waals surface area contributed by atoms with E-state index in [0.29, 0.717) is 16.1 Å². The second-order valence-corrected chi connectivity index (χ2v) is 4.73. The van der Waals surface area contributed by atoms with Crippen LogP contribution in [0.15, 0.2) is 18.2 Å². The summed E-state index contributed by atoms with van der Waals surface area (Å²) in [5, 5.41) is 9.43. The van der Waals surface area contributed by atoms with Crippen molar-refractivity contribution in [3.05, 3.63) is 34.3 Å². The Morgan fingerprint density at radius 3 is 2.79 bits per heavy atom. The fourth-order valence-electron chi connectivity index (χ4n) is 1.08. The lowest BCUT2D eigenvalue weighted by Gasteiger charge is -2.05. The molecule has 0 saturated carbocycles. The third kappa shape index (κ3) is 2.56. The summed E-state index contributed by atoms with van der Waals surface area (Å²) in [5.74, 6) is -0.0173. The van der Waals surface area contributed by atoms with Crippen LogP contribution in [0.4, 0.5) is 0 Å². The van der Waals surface area contributed by atoms with Crippen molar-refractivity contribution >= 4 is 33.3 Å². The number of Topliss-reactive ketones (excluding diaryl/α,β-unsaturated/α-hetero) is 1. The Hall–Kier alpha value is -0.380. The molecular formula is C10H10BrClO2. The highest BCUT2D eigenvalue weighted by atomic mass is 79.9. The van der Waals surface area contributed by atoms with Gasteiger partial charge in [0, 0.05) is 10.6 Å². The summed E-state index contributed by atoms with van der Waals surface area (Å²) in [5.41, 5.74) is 1.13. The minimum Gasteiger partial charge on any atom is -0.392 e. The Labute approximate surface area is 96.0 Å². The maximum Gasteiger partial charge on any atom is 0.176 e. The largest absolute Gasteiger partial charge is 0.392 e. The number of aliphatic hydroxyl groups is 1. The molecule has 1 atom stereocenters. The first kappa shape index (κ1) is 11.7. The molecule has 1 N–H and O–H groups in total. The third-order valence-electron chi connectivity index (χ3n) is 1.86. The molecule has 0 radical (unpaired) electrons. The number of carbonyl (C=O) groups excluding carboxylic acids is 1. The molecule has 0 aromatic heterocycles. The second-order valence-electron chi connectivity index (χ2n) is 2.94. The zero-order valence-corrected chi connectivity index (χ0v) is 9.97.